The van der Waals surface area contributed by atoms with Crippen molar-refractivity contribution in [2.75, 3.05) is 23.3 Å². The van der Waals surface area contributed by atoms with Gasteiger partial charge in [-0.15, -0.1) is 0 Å². The number of amides is 1. The number of aromatic amines is 1. The molecule has 0 bridgehead atoms. The van der Waals surface area contributed by atoms with E-state index in [2.05, 4.69) is 15.2 Å². The Balaban J connectivity index is 1.67. The fourth-order valence-electron chi connectivity index (χ4n) is 3.34. The maximum atomic E-state index is 12.7. The van der Waals surface area contributed by atoms with Crippen molar-refractivity contribution in [3.8, 4) is 0 Å². The van der Waals surface area contributed by atoms with E-state index in [0.717, 1.165) is 42.8 Å². The standard InChI is InChI=1S/C20H19N3O2/c24-19-14-7-1-2-8-16(14)21-13-15(19)20(25)22-17-9-3-4-10-18(17)23-11-5-6-12-23/h1-4,7-10,13H,5-6,11-12H2,(H,21,24)(H,22,25). The zero-order chi connectivity index (χ0) is 17.2. The smallest absolute Gasteiger partial charge is 0.261 e. The lowest BCUT2D eigenvalue weighted by Gasteiger charge is -2.21. The van der Waals surface area contributed by atoms with Gasteiger partial charge in [0.2, 0.25) is 5.43 Å². The number of para-hydroxylation sites is 3. The van der Waals surface area contributed by atoms with E-state index >= 15 is 0 Å². The molecular formula is C20H19N3O2. The molecule has 5 heteroatoms. The summed E-state index contributed by atoms with van der Waals surface area (Å²) in [5.74, 6) is -0.390. The van der Waals surface area contributed by atoms with Gasteiger partial charge in [-0.25, -0.2) is 0 Å². The van der Waals surface area contributed by atoms with Crippen LogP contribution in [0.15, 0.2) is 59.5 Å². The Hall–Kier alpha value is -3.08. The molecule has 0 unspecified atom stereocenters. The molecule has 0 aliphatic carbocycles. The molecular weight excluding hydrogens is 314 g/mol. The molecule has 0 saturated carbocycles. The average Bonchev–Trinajstić information content (AvgIpc) is 3.17. The highest BCUT2D eigenvalue weighted by Gasteiger charge is 2.18. The van der Waals surface area contributed by atoms with Gasteiger partial charge in [0.15, 0.2) is 0 Å². The number of H-pyrrole nitrogens is 1. The van der Waals surface area contributed by atoms with E-state index in [4.69, 9.17) is 0 Å². The number of carbonyl (C=O) groups excluding carboxylic acids is 1. The molecule has 0 spiro atoms. The molecule has 3 aromatic rings. The summed E-state index contributed by atoms with van der Waals surface area (Å²) >= 11 is 0. The summed E-state index contributed by atoms with van der Waals surface area (Å²) in [5.41, 5.74) is 2.33. The van der Waals surface area contributed by atoms with Crippen LogP contribution in [0.25, 0.3) is 10.9 Å². The third kappa shape index (κ3) is 2.89. The van der Waals surface area contributed by atoms with Crippen LogP contribution < -0.4 is 15.6 Å². The molecule has 2 N–H and O–H groups in total. The number of fused-ring (bicyclic) bond motifs is 1. The first-order valence-electron chi connectivity index (χ1n) is 8.50. The Labute approximate surface area is 145 Å². The Kier molecular flexibility index (Phi) is 3.98. The molecule has 1 aromatic heterocycles. The van der Waals surface area contributed by atoms with Crippen LogP contribution in [-0.4, -0.2) is 24.0 Å². The van der Waals surface area contributed by atoms with Gasteiger partial charge in [-0.2, -0.15) is 0 Å². The summed E-state index contributed by atoms with van der Waals surface area (Å²) < 4.78 is 0. The van der Waals surface area contributed by atoms with Crippen molar-refractivity contribution in [2.24, 2.45) is 0 Å². The number of hydrogen-bond donors (Lipinski definition) is 2. The number of benzene rings is 2. The highest BCUT2D eigenvalue weighted by atomic mass is 16.2. The van der Waals surface area contributed by atoms with Crippen molar-refractivity contribution in [3.63, 3.8) is 0 Å². The lowest BCUT2D eigenvalue weighted by Crippen LogP contribution is -2.24. The zero-order valence-electron chi connectivity index (χ0n) is 13.8. The first kappa shape index (κ1) is 15.4. The number of carbonyl (C=O) groups is 1. The summed E-state index contributed by atoms with van der Waals surface area (Å²) in [6, 6.07) is 14.9. The Morgan fingerprint density at radius 2 is 1.72 bits per heavy atom. The molecule has 2 heterocycles. The van der Waals surface area contributed by atoms with Crippen LogP contribution in [0.4, 0.5) is 11.4 Å². The van der Waals surface area contributed by atoms with Gasteiger partial charge in [0.25, 0.3) is 5.91 Å². The molecule has 2 aromatic carbocycles. The first-order chi connectivity index (χ1) is 12.2. The van der Waals surface area contributed by atoms with Gasteiger partial charge in [0.1, 0.15) is 5.56 Å². The van der Waals surface area contributed by atoms with Crippen LogP contribution in [0.3, 0.4) is 0 Å². The fourth-order valence-corrected chi connectivity index (χ4v) is 3.34. The number of rotatable bonds is 3. The monoisotopic (exact) mass is 333 g/mol. The van der Waals surface area contributed by atoms with Gasteiger partial charge in [0.05, 0.1) is 11.4 Å². The van der Waals surface area contributed by atoms with E-state index in [1.165, 1.54) is 6.20 Å². The fraction of sp³-hybridized carbons (Fsp3) is 0.200. The number of pyridine rings is 1. The van der Waals surface area contributed by atoms with Crippen molar-refractivity contribution in [1.29, 1.82) is 0 Å². The first-order valence-corrected chi connectivity index (χ1v) is 8.50. The van der Waals surface area contributed by atoms with E-state index in [0.29, 0.717) is 5.39 Å². The second-order valence-electron chi connectivity index (χ2n) is 6.24. The van der Waals surface area contributed by atoms with E-state index in [1.807, 2.05) is 36.4 Å². The molecule has 4 rings (SSSR count). The van der Waals surface area contributed by atoms with Gasteiger partial charge < -0.3 is 15.2 Å². The number of nitrogens with zero attached hydrogens (tertiary/aromatic N) is 1. The predicted octanol–water partition coefficient (Wildman–Crippen LogP) is 3.38. The van der Waals surface area contributed by atoms with E-state index < -0.39 is 5.91 Å². The number of nitrogens with one attached hydrogen (secondary N) is 2. The van der Waals surface area contributed by atoms with Gasteiger partial charge in [-0.1, -0.05) is 24.3 Å². The lowest BCUT2D eigenvalue weighted by molar-refractivity contribution is 0.102. The lowest BCUT2D eigenvalue weighted by atomic mass is 10.1. The molecule has 1 aliphatic rings. The van der Waals surface area contributed by atoms with Crippen LogP contribution in [0, 0.1) is 0 Å². The minimum atomic E-state index is -0.390. The van der Waals surface area contributed by atoms with Gasteiger partial charge in [-0.05, 0) is 37.1 Å². The molecule has 5 nitrogen and oxygen atoms in total. The molecule has 1 aliphatic heterocycles. The molecule has 0 radical (unpaired) electrons. The predicted molar refractivity (Wildman–Crippen MR) is 100 cm³/mol. The zero-order valence-corrected chi connectivity index (χ0v) is 13.8. The van der Waals surface area contributed by atoms with E-state index in [-0.39, 0.29) is 11.0 Å². The van der Waals surface area contributed by atoms with Crippen LogP contribution in [0.2, 0.25) is 0 Å². The Morgan fingerprint density at radius 1 is 1.00 bits per heavy atom. The molecule has 126 valence electrons. The van der Waals surface area contributed by atoms with Crippen molar-refractivity contribution >= 4 is 28.2 Å². The van der Waals surface area contributed by atoms with Gasteiger partial charge in [0, 0.05) is 30.2 Å². The molecule has 1 saturated heterocycles. The third-order valence-electron chi connectivity index (χ3n) is 4.63. The number of aromatic nitrogens is 1. The highest BCUT2D eigenvalue weighted by molar-refractivity contribution is 6.07. The van der Waals surface area contributed by atoms with Crippen LogP contribution in [0.1, 0.15) is 23.2 Å². The minimum Gasteiger partial charge on any atom is -0.370 e. The Morgan fingerprint density at radius 3 is 2.56 bits per heavy atom. The van der Waals surface area contributed by atoms with Crippen molar-refractivity contribution in [2.45, 2.75) is 12.8 Å². The minimum absolute atomic E-state index is 0.120. The second kappa shape index (κ2) is 6.43. The highest BCUT2D eigenvalue weighted by Crippen LogP contribution is 2.28. The van der Waals surface area contributed by atoms with Crippen LogP contribution in [-0.2, 0) is 0 Å². The molecule has 25 heavy (non-hydrogen) atoms. The number of anilines is 2. The maximum absolute atomic E-state index is 12.7. The maximum Gasteiger partial charge on any atom is 0.261 e. The summed E-state index contributed by atoms with van der Waals surface area (Å²) in [4.78, 5) is 30.6. The molecule has 1 fully saturated rings. The van der Waals surface area contributed by atoms with E-state index in [1.54, 1.807) is 12.1 Å². The van der Waals surface area contributed by atoms with Crippen molar-refractivity contribution in [1.82, 2.24) is 4.98 Å². The second-order valence-corrected chi connectivity index (χ2v) is 6.24. The largest absolute Gasteiger partial charge is 0.370 e. The summed E-state index contributed by atoms with van der Waals surface area (Å²) in [6.45, 7) is 1.98. The van der Waals surface area contributed by atoms with Crippen LogP contribution in [0.5, 0.6) is 0 Å². The van der Waals surface area contributed by atoms with Gasteiger partial charge >= 0.3 is 0 Å². The van der Waals surface area contributed by atoms with Crippen molar-refractivity contribution < 1.29 is 4.79 Å². The summed E-state index contributed by atoms with van der Waals surface area (Å²) in [6.07, 6.45) is 3.80. The quantitative estimate of drug-likeness (QED) is 0.772. The van der Waals surface area contributed by atoms with Crippen molar-refractivity contribution in [3.05, 3.63) is 70.5 Å². The van der Waals surface area contributed by atoms with E-state index in [9.17, 15) is 9.59 Å². The molecule has 1 amide bonds. The molecule has 0 atom stereocenters. The van der Waals surface area contributed by atoms with Gasteiger partial charge in [-0.3, -0.25) is 9.59 Å². The third-order valence-corrected chi connectivity index (χ3v) is 4.63. The summed E-state index contributed by atoms with van der Waals surface area (Å²) in [5, 5.41) is 3.43. The number of hydrogen-bond acceptors (Lipinski definition) is 3. The van der Waals surface area contributed by atoms with Crippen LogP contribution >= 0.6 is 0 Å². The topological polar surface area (TPSA) is 65.2 Å². The summed E-state index contributed by atoms with van der Waals surface area (Å²) in [7, 11) is 0. The SMILES string of the molecule is O=C(Nc1ccccc1N1CCCC1)c1c[nH]c2ccccc2c1=O. The average molecular weight is 333 g/mol. The normalized spacial score (nSPS) is 14.0. The Bertz CT molecular complexity index is 987.